The maximum absolute atomic E-state index is 6.38. The minimum atomic E-state index is -1.67. The van der Waals surface area contributed by atoms with Crippen LogP contribution in [0.2, 0.25) is 19.1 Å². The van der Waals surface area contributed by atoms with Gasteiger partial charge in [-0.1, -0.05) is 35.7 Å². The first-order chi connectivity index (χ1) is 9.43. The largest absolute Gasteiger partial charge is 0.543 e. The number of hydrogen-bond donors (Lipinski definition) is 0. The Labute approximate surface area is 130 Å². The maximum atomic E-state index is 6.38. The molecule has 2 nitrogen and oxygen atoms in total. The highest BCUT2D eigenvalue weighted by molar-refractivity contribution is 9.10. The molecule has 0 aliphatic heterocycles. The van der Waals surface area contributed by atoms with Gasteiger partial charge < -0.3 is 4.43 Å². The number of pyridine rings is 1. The van der Waals surface area contributed by atoms with E-state index in [1.165, 1.54) is 18.9 Å². The third kappa shape index (κ3) is 3.61. The number of aromatic nitrogens is 1. The molecule has 0 saturated heterocycles. The fourth-order valence-electron chi connectivity index (χ4n) is 2.29. The van der Waals surface area contributed by atoms with Crippen molar-refractivity contribution in [1.29, 1.82) is 0 Å². The predicted molar refractivity (Wildman–Crippen MR) is 92.0 cm³/mol. The van der Waals surface area contributed by atoms with Gasteiger partial charge in [0.05, 0.1) is 0 Å². The number of rotatable bonds is 5. The van der Waals surface area contributed by atoms with Gasteiger partial charge in [-0.3, -0.25) is 0 Å². The Kier molecular flexibility index (Phi) is 4.86. The summed E-state index contributed by atoms with van der Waals surface area (Å²) in [6.07, 6.45) is 2.46. The van der Waals surface area contributed by atoms with Gasteiger partial charge in [0.1, 0.15) is 11.3 Å². The zero-order valence-corrected chi connectivity index (χ0v) is 15.3. The number of fused-ring (bicyclic) bond motifs is 1. The van der Waals surface area contributed by atoms with Gasteiger partial charge in [0.25, 0.3) is 0 Å². The van der Waals surface area contributed by atoms with E-state index in [0.29, 0.717) is 0 Å². The van der Waals surface area contributed by atoms with Gasteiger partial charge in [0.15, 0.2) is 0 Å². The molecule has 2 rings (SSSR count). The van der Waals surface area contributed by atoms with Crippen LogP contribution < -0.4 is 4.43 Å². The molecule has 0 spiro atoms. The quantitative estimate of drug-likeness (QED) is 0.645. The number of aryl methyl sites for hydroxylation is 1. The van der Waals surface area contributed by atoms with E-state index in [4.69, 9.17) is 4.43 Å². The van der Waals surface area contributed by atoms with Gasteiger partial charge in [0, 0.05) is 15.6 Å². The lowest BCUT2D eigenvalue weighted by atomic mass is 10.2. The number of benzene rings is 1. The van der Waals surface area contributed by atoms with E-state index in [1.807, 2.05) is 19.1 Å². The highest BCUT2D eigenvalue weighted by Crippen LogP contribution is 2.32. The van der Waals surface area contributed by atoms with Crippen LogP contribution in [0.25, 0.3) is 10.9 Å². The van der Waals surface area contributed by atoms with Crippen molar-refractivity contribution < 1.29 is 4.43 Å². The van der Waals surface area contributed by atoms with Gasteiger partial charge in [-0.25, -0.2) is 4.98 Å². The molecule has 0 unspecified atom stereocenters. The molecule has 0 bridgehead atoms. The highest BCUT2D eigenvalue weighted by Gasteiger charge is 2.24. The Bertz CT molecular complexity index is 613. The Hall–Kier alpha value is -0.873. The Balaban J connectivity index is 2.39. The number of halogens is 1. The third-order valence-corrected chi connectivity index (χ3v) is 6.45. The molecule has 0 amide bonds. The van der Waals surface area contributed by atoms with Crippen molar-refractivity contribution in [2.75, 3.05) is 0 Å². The van der Waals surface area contributed by atoms with Gasteiger partial charge in [0.2, 0.25) is 8.32 Å². The van der Waals surface area contributed by atoms with Crippen LogP contribution in [-0.2, 0) is 0 Å². The van der Waals surface area contributed by atoms with Crippen LogP contribution in [0, 0.1) is 6.92 Å². The summed E-state index contributed by atoms with van der Waals surface area (Å²) in [5.41, 5.74) is 1.99. The summed E-state index contributed by atoms with van der Waals surface area (Å²) in [4.78, 5) is 4.67. The van der Waals surface area contributed by atoms with E-state index in [0.717, 1.165) is 26.8 Å². The van der Waals surface area contributed by atoms with Crippen molar-refractivity contribution in [2.45, 2.75) is 45.8 Å². The Morgan fingerprint density at radius 1 is 1.20 bits per heavy atom. The van der Waals surface area contributed by atoms with Crippen LogP contribution in [-0.4, -0.2) is 13.3 Å². The molecule has 0 N–H and O–H groups in total. The van der Waals surface area contributed by atoms with Crippen LogP contribution in [0.3, 0.4) is 0 Å². The van der Waals surface area contributed by atoms with Gasteiger partial charge in [-0.2, -0.15) is 0 Å². The van der Waals surface area contributed by atoms with E-state index in [9.17, 15) is 0 Å². The molecule has 1 aromatic carbocycles. The monoisotopic (exact) mass is 351 g/mol. The molecular formula is C16H22BrNOSi. The van der Waals surface area contributed by atoms with E-state index in [2.05, 4.69) is 53.1 Å². The molecule has 0 aliphatic carbocycles. The first kappa shape index (κ1) is 15.5. The average molecular weight is 352 g/mol. The van der Waals surface area contributed by atoms with Crippen LogP contribution in [0.4, 0.5) is 0 Å². The molecular weight excluding hydrogens is 330 g/mol. The van der Waals surface area contributed by atoms with Gasteiger partial charge in [-0.15, -0.1) is 0 Å². The van der Waals surface area contributed by atoms with E-state index in [1.54, 1.807) is 0 Å². The Morgan fingerprint density at radius 3 is 2.65 bits per heavy atom. The normalized spacial score (nSPS) is 11.8. The fraction of sp³-hybridized carbons (Fsp3) is 0.438. The lowest BCUT2D eigenvalue weighted by Gasteiger charge is -2.25. The van der Waals surface area contributed by atoms with E-state index >= 15 is 0 Å². The smallest absolute Gasteiger partial charge is 0.245 e. The fourth-order valence-corrected chi connectivity index (χ4v) is 4.81. The van der Waals surface area contributed by atoms with Crippen LogP contribution in [0.5, 0.6) is 5.75 Å². The third-order valence-electron chi connectivity index (χ3n) is 3.42. The zero-order valence-electron chi connectivity index (χ0n) is 12.7. The zero-order chi connectivity index (χ0) is 14.8. The standard InChI is InChI=1S/C16H22BrNOSi/c1-5-6-11-20(3,4)19-15-10-9-14(17)13-8-7-12(2)18-16(13)15/h7-10H,5-6,11H2,1-4H3. The average Bonchev–Trinajstić information content (AvgIpc) is 2.40. The number of hydrogen-bond acceptors (Lipinski definition) is 2. The summed E-state index contributed by atoms with van der Waals surface area (Å²) >= 11 is 3.59. The summed E-state index contributed by atoms with van der Waals surface area (Å²) in [5.74, 6) is 0.930. The molecule has 1 aromatic heterocycles. The minimum absolute atomic E-state index is 0.930. The highest BCUT2D eigenvalue weighted by atomic mass is 79.9. The maximum Gasteiger partial charge on any atom is 0.245 e. The first-order valence-corrected chi connectivity index (χ1v) is 11.1. The SMILES string of the molecule is CCCC[Si](C)(C)Oc1ccc(Br)c2ccc(C)nc12. The number of unbranched alkanes of at least 4 members (excludes halogenated alkanes) is 1. The summed E-state index contributed by atoms with van der Waals surface area (Å²) in [6, 6.07) is 9.43. The van der Waals surface area contributed by atoms with E-state index in [-0.39, 0.29) is 0 Å². The van der Waals surface area contributed by atoms with Crippen molar-refractivity contribution in [3.8, 4) is 5.75 Å². The molecule has 20 heavy (non-hydrogen) atoms. The minimum Gasteiger partial charge on any atom is -0.543 e. The molecule has 1 heterocycles. The molecule has 108 valence electrons. The second-order valence-electron chi connectivity index (χ2n) is 5.86. The van der Waals surface area contributed by atoms with Crippen molar-refractivity contribution in [3.63, 3.8) is 0 Å². The van der Waals surface area contributed by atoms with Crippen LogP contribution >= 0.6 is 15.9 Å². The van der Waals surface area contributed by atoms with Crippen LogP contribution in [0.1, 0.15) is 25.5 Å². The second-order valence-corrected chi connectivity index (χ2v) is 10.9. The Morgan fingerprint density at radius 2 is 1.95 bits per heavy atom. The van der Waals surface area contributed by atoms with Crippen molar-refractivity contribution in [3.05, 3.63) is 34.4 Å². The van der Waals surface area contributed by atoms with Crippen molar-refractivity contribution in [1.82, 2.24) is 4.98 Å². The first-order valence-electron chi connectivity index (χ1n) is 7.18. The molecule has 0 radical (unpaired) electrons. The lowest BCUT2D eigenvalue weighted by molar-refractivity contribution is 0.547. The summed E-state index contributed by atoms with van der Waals surface area (Å²) in [5, 5.41) is 1.12. The van der Waals surface area contributed by atoms with Crippen LogP contribution in [0.15, 0.2) is 28.7 Å². The van der Waals surface area contributed by atoms with Crippen molar-refractivity contribution in [2.24, 2.45) is 0 Å². The summed E-state index contributed by atoms with van der Waals surface area (Å²) in [6.45, 7) is 8.81. The van der Waals surface area contributed by atoms with Gasteiger partial charge >= 0.3 is 0 Å². The summed E-state index contributed by atoms with van der Waals surface area (Å²) < 4.78 is 7.45. The molecule has 0 atom stereocenters. The molecule has 2 aromatic rings. The van der Waals surface area contributed by atoms with E-state index < -0.39 is 8.32 Å². The summed E-state index contributed by atoms with van der Waals surface area (Å²) in [7, 11) is -1.67. The molecule has 4 heteroatoms. The second kappa shape index (κ2) is 6.27. The van der Waals surface area contributed by atoms with Crippen molar-refractivity contribution >= 4 is 35.2 Å². The molecule has 0 fully saturated rings. The lowest BCUT2D eigenvalue weighted by Crippen LogP contribution is -2.33. The predicted octanol–water partition coefficient (Wildman–Crippen LogP) is 5.69. The number of nitrogens with zero attached hydrogens (tertiary/aromatic N) is 1. The molecule has 0 aliphatic rings. The molecule has 0 saturated carbocycles. The van der Waals surface area contributed by atoms with Gasteiger partial charge in [-0.05, 0) is 50.3 Å². The topological polar surface area (TPSA) is 22.1 Å².